The van der Waals surface area contributed by atoms with E-state index < -0.39 is 0 Å². The topological polar surface area (TPSA) is 63.2 Å². The minimum atomic E-state index is -0.297. The summed E-state index contributed by atoms with van der Waals surface area (Å²) < 4.78 is 28.3. The number of benzene rings is 2. The molecule has 0 saturated heterocycles. The Kier molecular flexibility index (Phi) is 8.82. The molecule has 0 bridgehead atoms. The third kappa shape index (κ3) is 6.74. The number of unbranched alkanes of at least 4 members (excludes halogenated alkanes) is 2. The molecule has 0 amide bonds. The summed E-state index contributed by atoms with van der Waals surface area (Å²) in [5.74, 6) is 2.18. The van der Waals surface area contributed by atoms with Crippen molar-refractivity contribution in [2.45, 2.75) is 32.3 Å². The van der Waals surface area contributed by atoms with Crippen molar-refractivity contribution in [3.8, 4) is 28.4 Å². The standard InChI is InChI=1S/C27H30O6S/c1-2-29-27(28)22-8-6-20(7-9-22)21-10-12-23(13-11-21)30-14-4-3-5-15-31-24-16-32-25-18-34-19-26(25)33-17-24/h6-13,18-19,24H,2-5,14-17H2,1H3. The molecule has 6 nitrogen and oxygen atoms in total. The molecule has 0 fully saturated rings. The van der Waals surface area contributed by atoms with Gasteiger partial charge in [0.1, 0.15) is 25.1 Å². The molecule has 0 saturated carbocycles. The molecular weight excluding hydrogens is 452 g/mol. The second kappa shape index (κ2) is 12.4. The Labute approximate surface area is 204 Å². The van der Waals surface area contributed by atoms with E-state index >= 15 is 0 Å². The molecule has 4 rings (SSSR count). The fourth-order valence-corrected chi connectivity index (χ4v) is 4.26. The average Bonchev–Trinajstić information content (AvgIpc) is 3.24. The second-order valence-electron chi connectivity index (χ2n) is 7.95. The molecular formula is C27H30O6S. The lowest BCUT2D eigenvalue weighted by Gasteiger charge is -2.14. The Morgan fingerprint density at radius 1 is 0.882 bits per heavy atom. The maximum Gasteiger partial charge on any atom is 0.338 e. The first-order valence-corrected chi connectivity index (χ1v) is 12.6. The number of thiophene rings is 1. The monoisotopic (exact) mass is 482 g/mol. The van der Waals surface area contributed by atoms with E-state index in [9.17, 15) is 4.79 Å². The molecule has 1 aliphatic heterocycles. The predicted octanol–water partition coefficient (Wildman–Crippen LogP) is 6.00. The summed E-state index contributed by atoms with van der Waals surface area (Å²) in [5.41, 5.74) is 2.67. The number of carbonyl (C=O) groups is 1. The van der Waals surface area contributed by atoms with Gasteiger partial charge in [0.2, 0.25) is 0 Å². The highest BCUT2D eigenvalue weighted by atomic mass is 32.1. The molecule has 3 aromatic rings. The smallest absolute Gasteiger partial charge is 0.338 e. The van der Waals surface area contributed by atoms with Crippen molar-refractivity contribution in [2.75, 3.05) is 33.0 Å². The van der Waals surface area contributed by atoms with E-state index in [1.165, 1.54) is 0 Å². The van der Waals surface area contributed by atoms with E-state index in [4.69, 9.17) is 23.7 Å². The molecule has 34 heavy (non-hydrogen) atoms. The van der Waals surface area contributed by atoms with Crippen molar-refractivity contribution < 1.29 is 28.5 Å². The van der Waals surface area contributed by atoms with Crippen molar-refractivity contribution >= 4 is 17.3 Å². The molecule has 1 aliphatic rings. The van der Waals surface area contributed by atoms with Crippen LogP contribution in [-0.2, 0) is 9.47 Å². The highest BCUT2D eigenvalue weighted by Gasteiger charge is 2.19. The molecule has 0 aliphatic carbocycles. The summed E-state index contributed by atoms with van der Waals surface area (Å²) in [6, 6.07) is 15.4. The lowest BCUT2D eigenvalue weighted by molar-refractivity contribution is 0.000901. The van der Waals surface area contributed by atoms with E-state index in [0.717, 1.165) is 47.6 Å². The van der Waals surface area contributed by atoms with Crippen molar-refractivity contribution in [3.63, 3.8) is 0 Å². The van der Waals surface area contributed by atoms with Gasteiger partial charge in [-0.1, -0.05) is 24.3 Å². The van der Waals surface area contributed by atoms with Gasteiger partial charge in [-0.25, -0.2) is 4.79 Å². The fourth-order valence-electron chi connectivity index (χ4n) is 3.57. The zero-order valence-corrected chi connectivity index (χ0v) is 20.2. The second-order valence-corrected chi connectivity index (χ2v) is 8.69. The van der Waals surface area contributed by atoms with Gasteiger partial charge in [-0.2, -0.15) is 0 Å². The zero-order valence-electron chi connectivity index (χ0n) is 19.4. The number of rotatable bonds is 11. The van der Waals surface area contributed by atoms with Gasteiger partial charge in [0, 0.05) is 17.4 Å². The van der Waals surface area contributed by atoms with E-state index in [1.54, 1.807) is 30.4 Å². The van der Waals surface area contributed by atoms with Gasteiger partial charge in [0.25, 0.3) is 0 Å². The normalized spacial score (nSPS) is 13.3. The van der Waals surface area contributed by atoms with Gasteiger partial charge in [-0.3, -0.25) is 0 Å². The first-order valence-electron chi connectivity index (χ1n) is 11.7. The Hall–Kier alpha value is -3.03. The van der Waals surface area contributed by atoms with Crippen LogP contribution < -0.4 is 14.2 Å². The third-order valence-corrected chi connectivity index (χ3v) is 6.14. The van der Waals surface area contributed by atoms with Crippen LogP contribution in [-0.4, -0.2) is 45.1 Å². The zero-order chi connectivity index (χ0) is 23.6. The van der Waals surface area contributed by atoms with E-state index in [1.807, 2.05) is 47.2 Å². The van der Waals surface area contributed by atoms with E-state index in [0.29, 0.717) is 38.6 Å². The van der Waals surface area contributed by atoms with Crippen LogP contribution in [0, 0.1) is 0 Å². The highest BCUT2D eigenvalue weighted by molar-refractivity contribution is 7.08. The van der Waals surface area contributed by atoms with E-state index in [2.05, 4.69) is 0 Å². The van der Waals surface area contributed by atoms with E-state index in [-0.39, 0.29) is 12.1 Å². The summed E-state index contributed by atoms with van der Waals surface area (Å²) in [7, 11) is 0. The van der Waals surface area contributed by atoms with Crippen LogP contribution in [0.15, 0.2) is 59.3 Å². The molecule has 0 spiro atoms. The molecule has 180 valence electrons. The van der Waals surface area contributed by atoms with Crippen LogP contribution in [0.3, 0.4) is 0 Å². The van der Waals surface area contributed by atoms with Crippen LogP contribution in [0.4, 0.5) is 0 Å². The summed E-state index contributed by atoms with van der Waals surface area (Å²) >= 11 is 1.58. The SMILES string of the molecule is CCOC(=O)c1ccc(-c2ccc(OCCCCCOC3COc4cscc4OC3)cc2)cc1. The van der Waals surface area contributed by atoms with Crippen molar-refractivity contribution in [2.24, 2.45) is 0 Å². The summed E-state index contributed by atoms with van der Waals surface area (Å²) in [5, 5.41) is 3.91. The molecule has 0 unspecified atom stereocenters. The number of hydrogen-bond donors (Lipinski definition) is 0. The summed E-state index contributed by atoms with van der Waals surface area (Å²) in [4.78, 5) is 11.8. The maximum atomic E-state index is 11.8. The molecule has 1 aromatic heterocycles. The summed E-state index contributed by atoms with van der Waals surface area (Å²) in [6.07, 6.45) is 2.94. The Bertz CT molecular complexity index is 1010. The number of fused-ring (bicyclic) bond motifs is 1. The average molecular weight is 483 g/mol. The van der Waals surface area contributed by atoms with Crippen LogP contribution in [0.5, 0.6) is 17.2 Å². The quantitative estimate of drug-likeness (QED) is 0.247. The van der Waals surface area contributed by atoms with Gasteiger partial charge in [0.05, 0.1) is 18.8 Å². The summed E-state index contributed by atoms with van der Waals surface area (Å²) in [6.45, 7) is 4.58. The predicted molar refractivity (Wildman–Crippen MR) is 132 cm³/mol. The van der Waals surface area contributed by atoms with Crippen molar-refractivity contribution in [1.82, 2.24) is 0 Å². The van der Waals surface area contributed by atoms with Crippen LogP contribution >= 0.6 is 11.3 Å². The van der Waals surface area contributed by atoms with Gasteiger partial charge in [0.15, 0.2) is 11.5 Å². The third-order valence-electron chi connectivity index (χ3n) is 5.44. The molecule has 0 radical (unpaired) electrons. The minimum Gasteiger partial charge on any atom is -0.494 e. The van der Waals surface area contributed by atoms with Gasteiger partial charge >= 0.3 is 5.97 Å². The molecule has 0 N–H and O–H groups in total. The first kappa shape index (κ1) is 24.1. The lowest BCUT2D eigenvalue weighted by Crippen LogP contribution is -2.27. The van der Waals surface area contributed by atoms with Crippen LogP contribution in [0.25, 0.3) is 11.1 Å². The largest absolute Gasteiger partial charge is 0.494 e. The van der Waals surface area contributed by atoms with Gasteiger partial charge in [-0.15, -0.1) is 11.3 Å². The Morgan fingerprint density at radius 3 is 2.15 bits per heavy atom. The first-order chi connectivity index (χ1) is 16.7. The van der Waals surface area contributed by atoms with Gasteiger partial charge < -0.3 is 23.7 Å². The number of ether oxygens (including phenoxy) is 5. The Morgan fingerprint density at radius 2 is 1.50 bits per heavy atom. The lowest BCUT2D eigenvalue weighted by atomic mass is 10.0. The van der Waals surface area contributed by atoms with Crippen molar-refractivity contribution in [1.29, 1.82) is 0 Å². The number of hydrogen-bond acceptors (Lipinski definition) is 7. The molecule has 2 heterocycles. The number of esters is 1. The molecule has 7 heteroatoms. The molecule has 2 aromatic carbocycles. The minimum absolute atomic E-state index is 0.0338. The highest BCUT2D eigenvalue weighted by Crippen LogP contribution is 2.33. The van der Waals surface area contributed by atoms with Gasteiger partial charge in [-0.05, 0) is 61.6 Å². The van der Waals surface area contributed by atoms with Crippen LogP contribution in [0.2, 0.25) is 0 Å². The fraction of sp³-hybridized carbons (Fsp3) is 0.370. The Balaban J connectivity index is 1.10. The maximum absolute atomic E-state index is 11.8. The molecule has 0 atom stereocenters. The van der Waals surface area contributed by atoms with Crippen molar-refractivity contribution in [3.05, 3.63) is 64.9 Å². The number of carbonyl (C=O) groups excluding carboxylic acids is 1. The van der Waals surface area contributed by atoms with Crippen LogP contribution in [0.1, 0.15) is 36.5 Å².